The summed E-state index contributed by atoms with van der Waals surface area (Å²) in [5.74, 6) is -0.330. The van der Waals surface area contributed by atoms with Crippen LogP contribution < -0.4 is 5.32 Å². The van der Waals surface area contributed by atoms with Gasteiger partial charge in [0.1, 0.15) is 37.2 Å². The number of halogens is 1. The van der Waals surface area contributed by atoms with Crippen LogP contribution in [0.1, 0.15) is 18.9 Å². The van der Waals surface area contributed by atoms with Gasteiger partial charge in [0.2, 0.25) is 0 Å². The minimum Gasteiger partial charge on any atom is -0.390 e. The van der Waals surface area contributed by atoms with Crippen molar-refractivity contribution in [1.29, 1.82) is 0 Å². The maximum absolute atomic E-state index is 13.4. The van der Waals surface area contributed by atoms with Gasteiger partial charge in [-0.15, -0.1) is 0 Å². The van der Waals surface area contributed by atoms with Crippen molar-refractivity contribution in [3.8, 4) is 0 Å². The summed E-state index contributed by atoms with van der Waals surface area (Å²) < 4.78 is 18.6. The summed E-state index contributed by atoms with van der Waals surface area (Å²) in [6.45, 7) is 2.01. The van der Waals surface area contributed by atoms with Gasteiger partial charge in [-0.2, -0.15) is 0 Å². The van der Waals surface area contributed by atoms with Gasteiger partial charge in [0.15, 0.2) is 0 Å². The first-order valence-corrected chi connectivity index (χ1v) is 7.12. The van der Waals surface area contributed by atoms with E-state index in [9.17, 15) is 19.7 Å². The standard InChI is InChI=1S/C15H24FNO4/c1-2-15(10-18,11-19)17-7-13(20)9-21-8-12-5-3-4-6-14(12)16/h3-6,13,17-20H,2,7-11H2,1H3/p+1/t13-/m0/s1. The van der Waals surface area contributed by atoms with Crippen molar-refractivity contribution in [2.75, 3.05) is 26.4 Å². The van der Waals surface area contributed by atoms with Crippen LogP contribution in [-0.4, -0.2) is 53.3 Å². The topological polar surface area (TPSA) is 86.5 Å². The molecule has 0 heterocycles. The smallest absolute Gasteiger partial charge is 0.142 e. The van der Waals surface area contributed by atoms with E-state index in [1.54, 1.807) is 23.5 Å². The van der Waals surface area contributed by atoms with Crippen molar-refractivity contribution in [1.82, 2.24) is 0 Å². The number of rotatable bonds is 10. The van der Waals surface area contributed by atoms with E-state index in [0.717, 1.165) is 0 Å². The number of ether oxygens (including phenoxy) is 1. The summed E-state index contributed by atoms with van der Waals surface area (Å²) in [6, 6.07) is 6.33. The second kappa shape index (κ2) is 9.07. The van der Waals surface area contributed by atoms with Gasteiger partial charge in [0.05, 0.1) is 13.2 Å². The molecular weight excluding hydrogens is 277 g/mol. The first-order valence-electron chi connectivity index (χ1n) is 7.12. The molecular formula is C15H25FNO4+. The predicted molar refractivity (Wildman–Crippen MR) is 76.0 cm³/mol. The average Bonchev–Trinajstić information content (AvgIpc) is 2.51. The lowest BCUT2D eigenvalue weighted by Gasteiger charge is -2.27. The first-order chi connectivity index (χ1) is 10.1. The van der Waals surface area contributed by atoms with Gasteiger partial charge in [0.25, 0.3) is 0 Å². The second-order valence-corrected chi connectivity index (χ2v) is 5.23. The molecule has 1 aromatic carbocycles. The lowest BCUT2D eigenvalue weighted by molar-refractivity contribution is -0.736. The predicted octanol–water partition coefficient (Wildman–Crippen LogP) is -0.600. The molecule has 0 fully saturated rings. The van der Waals surface area contributed by atoms with Crippen LogP contribution in [0.4, 0.5) is 4.39 Å². The zero-order valence-electron chi connectivity index (χ0n) is 12.3. The fraction of sp³-hybridized carbons (Fsp3) is 0.600. The lowest BCUT2D eigenvalue weighted by atomic mass is 9.98. The Labute approximate surface area is 124 Å². The van der Waals surface area contributed by atoms with Crippen LogP contribution in [0.2, 0.25) is 0 Å². The van der Waals surface area contributed by atoms with Gasteiger partial charge < -0.3 is 25.4 Å². The Bertz CT molecular complexity index is 404. The van der Waals surface area contributed by atoms with Crippen LogP contribution in [0.25, 0.3) is 0 Å². The Morgan fingerprint density at radius 1 is 1.29 bits per heavy atom. The molecule has 0 radical (unpaired) electrons. The fourth-order valence-electron chi connectivity index (χ4n) is 1.92. The summed E-state index contributed by atoms with van der Waals surface area (Å²) in [5.41, 5.74) is -0.228. The maximum Gasteiger partial charge on any atom is 0.142 e. The number of benzene rings is 1. The number of quaternary nitrogens is 1. The van der Waals surface area contributed by atoms with Crippen molar-refractivity contribution >= 4 is 0 Å². The van der Waals surface area contributed by atoms with E-state index >= 15 is 0 Å². The SMILES string of the molecule is CCC(CO)(CO)[NH2+]C[C@H](O)COCc1ccccc1F. The molecule has 0 saturated carbocycles. The van der Waals surface area contributed by atoms with Crippen molar-refractivity contribution in [2.45, 2.75) is 31.6 Å². The molecule has 1 atom stereocenters. The third kappa shape index (κ3) is 5.68. The zero-order valence-corrected chi connectivity index (χ0v) is 12.3. The molecule has 0 spiro atoms. The number of aliphatic hydroxyl groups is 3. The van der Waals surface area contributed by atoms with Crippen molar-refractivity contribution in [3.05, 3.63) is 35.6 Å². The van der Waals surface area contributed by atoms with Gasteiger partial charge >= 0.3 is 0 Å². The van der Waals surface area contributed by atoms with Crippen LogP contribution in [0.15, 0.2) is 24.3 Å². The molecule has 5 N–H and O–H groups in total. The molecule has 1 rings (SSSR count). The molecule has 0 amide bonds. The minimum atomic E-state index is -0.749. The Morgan fingerprint density at radius 3 is 2.52 bits per heavy atom. The third-order valence-electron chi connectivity index (χ3n) is 3.68. The molecule has 5 nitrogen and oxygen atoms in total. The van der Waals surface area contributed by atoms with Gasteiger partial charge in [-0.05, 0) is 6.07 Å². The minimum absolute atomic E-state index is 0.0709. The molecule has 120 valence electrons. The van der Waals surface area contributed by atoms with E-state index in [4.69, 9.17) is 4.74 Å². The summed E-state index contributed by atoms with van der Waals surface area (Å²) in [4.78, 5) is 0. The van der Waals surface area contributed by atoms with Gasteiger partial charge in [-0.25, -0.2) is 4.39 Å². The number of aliphatic hydroxyl groups excluding tert-OH is 3. The van der Waals surface area contributed by atoms with Crippen molar-refractivity contribution < 1.29 is 29.8 Å². The highest BCUT2D eigenvalue weighted by molar-refractivity contribution is 5.16. The highest BCUT2D eigenvalue weighted by Gasteiger charge is 2.30. The summed E-state index contributed by atoms with van der Waals surface area (Å²) in [6.07, 6.45) is -0.163. The highest BCUT2D eigenvalue weighted by Crippen LogP contribution is 2.07. The maximum atomic E-state index is 13.4. The van der Waals surface area contributed by atoms with Crippen LogP contribution in [-0.2, 0) is 11.3 Å². The van der Waals surface area contributed by atoms with E-state index in [1.807, 2.05) is 6.92 Å². The molecule has 0 aliphatic rings. The summed E-state index contributed by atoms with van der Waals surface area (Å²) in [7, 11) is 0. The molecule has 21 heavy (non-hydrogen) atoms. The lowest BCUT2D eigenvalue weighted by Crippen LogP contribution is -3.00. The molecule has 0 saturated heterocycles. The molecule has 0 unspecified atom stereocenters. The Morgan fingerprint density at radius 2 is 1.95 bits per heavy atom. The number of nitrogens with two attached hydrogens (primary N) is 1. The first kappa shape index (κ1) is 18.0. The van der Waals surface area contributed by atoms with Crippen LogP contribution in [0.3, 0.4) is 0 Å². The van der Waals surface area contributed by atoms with E-state index < -0.39 is 11.6 Å². The largest absolute Gasteiger partial charge is 0.390 e. The van der Waals surface area contributed by atoms with E-state index in [2.05, 4.69) is 0 Å². The molecule has 6 heteroatoms. The van der Waals surface area contributed by atoms with Gasteiger partial charge in [0, 0.05) is 12.0 Å². The Balaban J connectivity index is 2.31. The van der Waals surface area contributed by atoms with E-state index in [1.165, 1.54) is 6.07 Å². The van der Waals surface area contributed by atoms with Crippen molar-refractivity contribution in [3.63, 3.8) is 0 Å². The zero-order chi connectivity index (χ0) is 15.7. The second-order valence-electron chi connectivity index (χ2n) is 5.23. The van der Waals surface area contributed by atoms with Crippen LogP contribution in [0.5, 0.6) is 0 Å². The number of hydrogen-bond acceptors (Lipinski definition) is 4. The molecule has 0 aliphatic carbocycles. The van der Waals surface area contributed by atoms with Crippen LogP contribution in [0, 0.1) is 5.82 Å². The normalized spacial score (nSPS) is 13.4. The average molecular weight is 302 g/mol. The molecule has 0 bridgehead atoms. The van der Waals surface area contributed by atoms with Gasteiger partial charge in [-0.3, -0.25) is 0 Å². The quantitative estimate of drug-likeness (QED) is 0.465. The number of hydrogen-bond donors (Lipinski definition) is 4. The van der Waals surface area contributed by atoms with Gasteiger partial charge in [-0.1, -0.05) is 25.1 Å². The highest BCUT2D eigenvalue weighted by atomic mass is 19.1. The Hall–Kier alpha value is -1.05. The molecule has 0 aromatic heterocycles. The summed E-state index contributed by atoms with van der Waals surface area (Å²) >= 11 is 0. The third-order valence-corrected chi connectivity index (χ3v) is 3.68. The Kier molecular flexibility index (Phi) is 7.77. The van der Waals surface area contributed by atoms with Crippen LogP contribution >= 0.6 is 0 Å². The molecule has 1 aromatic rings. The molecule has 0 aliphatic heterocycles. The summed E-state index contributed by atoms with van der Waals surface area (Å²) in [5, 5.41) is 30.2. The monoisotopic (exact) mass is 302 g/mol. The van der Waals surface area contributed by atoms with Crippen molar-refractivity contribution in [2.24, 2.45) is 0 Å². The van der Waals surface area contributed by atoms with E-state index in [-0.39, 0.29) is 32.2 Å². The van der Waals surface area contributed by atoms with E-state index in [0.29, 0.717) is 18.5 Å². The fourth-order valence-corrected chi connectivity index (χ4v) is 1.92.